The molecule has 6 nitrogen and oxygen atoms in total. The number of carbonyl (C=O) groups excluding carboxylic acids is 1. The van der Waals surface area contributed by atoms with Crippen LogP contribution in [-0.2, 0) is 11.3 Å². The molecule has 0 fully saturated rings. The van der Waals surface area contributed by atoms with E-state index in [1.54, 1.807) is 29.2 Å². The van der Waals surface area contributed by atoms with E-state index in [4.69, 9.17) is 9.52 Å². The van der Waals surface area contributed by atoms with E-state index in [1.165, 1.54) is 0 Å². The first-order valence-corrected chi connectivity index (χ1v) is 6.67. The fourth-order valence-electron chi connectivity index (χ4n) is 1.90. The molecule has 20 heavy (non-hydrogen) atoms. The van der Waals surface area contributed by atoms with E-state index in [0.29, 0.717) is 19.5 Å². The molecule has 1 rings (SSSR count). The van der Waals surface area contributed by atoms with Crippen molar-refractivity contribution in [1.29, 1.82) is 0 Å². The second-order valence-corrected chi connectivity index (χ2v) is 5.00. The average Bonchev–Trinajstić information content (AvgIpc) is 2.85. The second kappa shape index (κ2) is 7.57. The van der Waals surface area contributed by atoms with Crippen molar-refractivity contribution in [3.05, 3.63) is 24.2 Å². The average molecular weight is 282 g/mol. The molecule has 0 radical (unpaired) electrons. The predicted octanol–water partition coefficient (Wildman–Crippen LogP) is 2.41. The normalized spacial score (nSPS) is 10.6. The fraction of sp³-hybridized carbons (Fsp3) is 0.571. The van der Waals surface area contributed by atoms with Gasteiger partial charge in [-0.15, -0.1) is 0 Å². The number of urea groups is 1. The highest BCUT2D eigenvalue weighted by atomic mass is 16.4. The molecule has 112 valence electrons. The molecule has 0 aliphatic heterocycles. The zero-order chi connectivity index (χ0) is 15.1. The van der Waals surface area contributed by atoms with Crippen LogP contribution in [0.1, 0.15) is 32.4 Å². The van der Waals surface area contributed by atoms with Crippen molar-refractivity contribution < 1.29 is 19.1 Å². The Morgan fingerprint density at radius 2 is 2.10 bits per heavy atom. The molecule has 1 N–H and O–H groups in total. The van der Waals surface area contributed by atoms with Crippen LogP contribution < -0.4 is 0 Å². The Hall–Kier alpha value is -1.98. The van der Waals surface area contributed by atoms with Gasteiger partial charge in [0.15, 0.2) is 0 Å². The summed E-state index contributed by atoms with van der Waals surface area (Å²) >= 11 is 0. The van der Waals surface area contributed by atoms with Gasteiger partial charge in [0, 0.05) is 26.1 Å². The van der Waals surface area contributed by atoms with Gasteiger partial charge < -0.3 is 19.3 Å². The molecule has 6 heteroatoms. The maximum Gasteiger partial charge on any atom is 0.320 e. The standard InChI is InChI=1S/C14H22N2O4/c1-11(2)16(8-4-7-13(17)18)14(19)15(3)10-12-6-5-9-20-12/h5-6,9,11H,4,7-8,10H2,1-3H3,(H,17,18). The van der Waals surface area contributed by atoms with Gasteiger partial charge in [0.2, 0.25) is 0 Å². The van der Waals surface area contributed by atoms with E-state index < -0.39 is 5.97 Å². The summed E-state index contributed by atoms with van der Waals surface area (Å²) in [6, 6.07) is 3.49. The minimum atomic E-state index is -0.843. The van der Waals surface area contributed by atoms with Crippen LogP contribution in [0.5, 0.6) is 0 Å². The van der Waals surface area contributed by atoms with E-state index >= 15 is 0 Å². The molecule has 0 aliphatic rings. The Morgan fingerprint density at radius 1 is 1.40 bits per heavy atom. The Morgan fingerprint density at radius 3 is 2.60 bits per heavy atom. The predicted molar refractivity (Wildman–Crippen MR) is 74.3 cm³/mol. The lowest BCUT2D eigenvalue weighted by molar-refractivity contribution is -0.137. The Balaban J connectivity index is 2.56. The van der Waals surface area contributed by atoms with Crippen LogP contribution >= 0.6 is 0 Å². The van der Waals surface area contributed by atoms with Gasteiger partial charge in [0.1, 0.15) is 5.76 Å². The molecule has 0 saturated carbocycles. The molecule has 2 amide bonds. The molecule has 0 bridgehead atoms. The van der Waals surface area contributed by atoms with Gasteiger partial charge >= 0.3 is 12.0 Å². The first-order chi connectivity index (χ1) is 9.41. The summed E-state index contributed by atoms with van der Waals surface area (Å²) in [5.41, 5.74) is 0. The summed E-state index contributed by atoms with van der Waals surface area (Å²) < 4.78 is 5.22. The summed E-state index contributed by atoms with van der Waals surface area (Å²) in [6.07, 6.45) is 2.09. The Labute approximate surface area is 119 Å². The van der Waals surface area contributed by atoms with Crippen molar-refractivity contribution in [2.24, 2.45) is 0 Å². The Bertz CT molecular complexity index is 428. The maximum absolute atomic E-state index is 12.3. The van der Waals surface area contributed by atoms with Crippen LogP contribution in [0.2, 0.25) is 0 Å². The van der Waals surface area contributed by atoms with Crippen molar-refractivity contribution >= 4 is 12.0 Å². The summed E-state index contributed by atoms with van der Waals surface area (Å²) in [5, 5.41) is 8.66. The first-order valence-electron chi connectivity index (χ1n) is 6.67. The minimum absolute atomic E-state index is 0.0235. The SMILES string of the molecule is CC(C)N(CCCC(=O)O)C(=O)N(C)Cc1ccco1. The van der Waals surface area contributed by atoms with Crippen LogP contribution in [0, 0.1) is 0 Å². The van der Waals surface area contributed by atoms with Crippen LogP contribution in [0.25, 0.3) is 0 Å². The highest BCUT2D eigenvalue weighted by molar-refractivity contribution is 5.74. The van der Waals surface area contributed by atoms with E-state index in [-0.39, 0.29) is 18.5 Å². The van der Waals surface area contributed by atoms with E-state index in [1.807, 2.05) is 19.9 Å². The van der Waals surface area contributed by atoms with Crippen LogP contribution in [0.4, 0.5) is 4.79 Å². The number of rotatable bonds is 7. The number of amides is 2. The fourth-order valence-corrected chi connectivity index (χ4v) is 1.90. The van der Waals surface area contributed by atoms with Crippen molar-refractivity contribution in [2.75, 3.05) is 13.6 Å². The van der Waals surface area contributed by atoms with Crippen LogP contribution in [-0.4, -0.2) is 46.5 Å². The van der Waals surface area contributed by atoms with Gasteiger partial charge in [-0.25, -0.2) is 4.79 Å². The van der Waals surface area contributed by atoms with Crippen molar-refractivity contribution in [3.8, 4) is 0 Å². The topological polar surface area (TPSA) is 74.0 Å². The molecule has 0 aliphatic carbocycles. The molecular formula is C14H22N2O4. The van der Waals surface area contributed by atoms with Gasteiger partial charge in [-0.1, -0.05) is 0 Å². The first kappa shape index (κ1) is 16.1. The van der Waals surface area contributed by atoms with Crippen molar-refractivity contribution in [3.63, 3.8) is 0 Å². The van der Waals surface area contributed by atoms with Crippen molar-refractivity contribution in [1.82, 2.24) is 9.80 Å². The quantitative estimate of drug-likeness (QED) is 0.833. The van der Waals surface area contributed by atoms with Gasteiger partial charge in [-0.3, -0.25) is 4.79 Å². The molecule has 0 atom stereocenters. The lowest BCUT2D eigenvalue weighted by Gasteiger charge is -2.31. The van der Waals surface area contributed by atoms with E-state index in [2.05, 4.69) is 0 Å². The smallest absolute Gasteiger partial charge is 0.320 e. The van der Waals surface area contributed by atoms with Gasteiger partial charge in [0.25, 0.3) is 0 Å². The third-order valence-electron chi connectivity index (χ3n) is 2.96. The summed E-state index contributed by atoms with van der Waals surface area (Å²) in [7, 11) is 1.71. The summed E-state index contributed by atoms with van der Waals surface area (Å²) in [5.74, 6) is -0.125. The minimum Gasteiger partial charge on any atom is -0.481 e. The number of carbonyl (C=O) groups is 2. The third-order valence-corrected chi connectivity index (χ3v) is 2.96. The summed E-state index contributed by atoms with van der Waals surface area (Å²) in [4.78, 5) is 26.1. The van der Waals surface area contributed by atoms with E-state index in [0.717, 1.165) is 5.76 Å². The molecule has 1 aromatic heterocycles. The molecule has 1 aromatic rings. The maximum atomic E-state index is 12.3. The monoisotopic (exact) mass is 282 g/mol. The van der Waals surface area contributed by atoms with Crippen LogP contribution in [0.3, 0.4) is 0 Å². The number of aliphatic carboxylic acids is 1. The molecule has 0 saturated heterocycles. The number of carboxylic acid groups (broad SMARTS) is 1. The largest absolute Gasteiger partial charge is 0.481 e. The molecule has 0 unspecified atom stereocenters. The van der Waals surface area contributed by atoms with Gasteiger partial charge in [-0.2, -0.15) is 0 Å². The molecule has 0 spiro atoms. The second-order valence-electron chi connectivity index (χ2n) is 5.00. The highest BCUT2D eigenvalue weighted by Gasteiger charge is 2.21. The van der Waals surface area contributed by atoms with Crippen LogP contribution in [0.15, 0.2) is 22.8 Å². The molecular weight excluding hydrogens is 260 g/mol. The zero-order valence-corrected chi connectivity index (χ0v) is 12.2. The molecule has 1 heterocycles. The Kier molecular flexibility index (Phi) is 6.09. The lowest BCUT2D eigenvalue weighted by atomic mass is 10.2. The van der Waals surface area contributed by atoms with Crippen molar-refractivity contribution in [2.45, 2.75) is 39.3 Å². The number of hydrogen-bond donors (Lipinski definition) is 1. The summed E-state index contributed by atoms with van der Waals surface area (Å²) in [6.45, 7) is 4.66. The van der Waals surface area contributed by atoms with Gasteiger partial charge in [0.05, 0.1) is 12.8 Å². The number of nitrogens with zero attached hydrogens (tertiary/aromatic N) is 2. The van der Waals surface area contributed by atoms with E-state index in [9.17, 15) is 9.59 Å². The molecule has 0 aromatic carbocycles. The van der Waals surface area contributed by atoms with Gasteiger partial charge in [-0.05, 0) is 32.4 Å². The number of carboxylic acids is 1. The lowest BCUT2D eigenvalue weighted by Crippen LogP contribution is -2.45. The third kappa shape index (κ3) is 4.95. The number of hydrogen-bond acceptors (Lipinski definition) is 3. The number of furan rings is 1. The highest BCUT2D eigenvalue weighted by Crippen LogP contribution is 2.10. The zero-order valence-electron chi connectivity index (χ0n) is 12.2.